The Hall–Kier alpha value is -1.18. The van der Waals surface area contributed by atoms with Crippen LogP contribution in [0.3, 0.4) is 0 Å². The Labute approximate surface area is 108 Å². The second-order valence-electron chi connectivity index (χ2n) is 3.63. The van der Waals surface area contributed by atoms with Crippen LogP contribution in [0.4, 0.5) is 5.82 Å². The van der Waals surface area contributed by atoms with Crippen LogP contribution in [0.1, 0.15) is 13.8 Å². The van der Waals surface area contributed by atoms with Crippen LogP contribution in [0.5, 0.6) is 0 Å². The van der Waals surface area contributed by atoms with Crippen LogP contribution in [0, 0.1) is 0 Å². The van der Waals surface area contributed by atoms with Crippen LogP contribution >= 0.6 is 0 Å². The van der Waals surface area contributed by atoms with Crippen molar-refractivity contribution in [2.45, 2.75) is 18.7 Å². The molecule has 1 aromatic rings. The summed E-state index contributed by atoms with van der Waals surface area (Å²) in [6.45, 7) is 4.54. The van der Waals surface area contributed by atoms with E-state index in [4.69, 9.17) is 5.11 Å². The van der Waals surface area contributed by atoms with E-state index in [1.807, 2.05) is 6.92 Å². The molecule has 0 saturated carbocycles. The number of anilines is 1. The Morgan fingerprint density at radius 3 is 2.72 bits per heavy atom. The quantitative estimate of drug-likeness (QED) is 0.756. The highest BCUT2D eigenvalue weighted by Gasteiger charge is 2.22. The third kappa shape index (κ3) is 3.41. The van der Waals surface area contributed by atoms with Gasteiger partial charge in [0, 0.05) is 31.9 Å². The SMILES string of the molecule is CCNc1cc(S(=O)(=O)N(CC)CCO)ccn1. The number of hydrogen-bond acceptors (Lipinski definition) is 5. The molecule has 0 saturated heterocycles. The van der Waals surface area contributed by atoms with Crippen molar-refractivity contribution in [2.75, 3.05) is 31.6 Å². The molecule has 102 valence electrons. The predicted molar refractivity (Wildman–Crippen MR) is 69.9 cm³/mol. The summed E-state index contributed by atoms with van der Waals surface area (Å²) in [6, 6.07) is 2.95. The molecule has 0 amide bonds. The van der Waals surface area contributed by atoms with E-state index >= 15 is 0 Å². The summed E-state index contributed by atoms with van der Waals surface area (Å²) in [5.41, 5.74) is 0. The van der Waals surface area contributed by atoms with E-state index in [1.165, 1.54) is 22.6 Å². The summed E-state index contributed by atoms with van der Waals surface area (Å²) < 4.78 is 25.8. The number of aliphatic hydroxyl groups excluding tert-OH is 1. The van der Waals surface area contributed by atoms with E-state index in [0.29, 0.717) is 18.9 Å². The van der Waals surface area contributed by atoms with Gasteiger partial charge in [0.1, 0.15) is 5.82 Å². The van der Waals surface area contributed by atoms with Crippen molar-refractivity contribution in [3.05, 3.63) is 18.3 Å². The maximum atomic E-state index is 12.3. The molecular formula is C11H19N3O3S. The highest BCUT2D eigenvalue weighted by atomic mass is 32.2. The predicted octanol–water partition coefficient (Wildman–Crippen LogP) is 0.516. The molecular weight excluding hydrogens is 254 g/mol. The van der Waals surface area contributed by atoms with Gasteiger partial charge in [0.25, 0.3) is 0 Å². The summed E-state index contributed by atoms with van der Waals surface area (Å²) in [5, 5.41) is 11.9. The van der Waals surface area contributed by atoms with E-state index in [9.17, 15) is 8.42 Å². The van der Waals surface area contributed by atoms with E-state index in [2.05, 4.69) is 10.3 Å². The molecule has 0 aliphatic rings. The molecule has 0 bridgehead atoms. The number of nitrogens with zero attached hydrogens (tertiary/aromatic N) is 2. The first kappa shape index (κ1) is 14.9. The normalized spacial score (nSPS) is 11.8. The molecule has 0 spiro atoms. The molecule has 0 aliphatic carbocycles. The molecule has 1 rings (SSSR count). The third-order valence-electron chi connectivity index (χ3n) is 2.43. The minimum atomic E-state index is -3.56. The molecule has 0 aromatic carbocycles. The summed E-state index contributed by atoms with van der Waals surface area (Å²) in [6.07, 6.45) is 1.46. The largest absolute Gasteiger partial charge is 0.395 e. The minimum absolute atomic E-state index is 0.0949. The van der Waals surface area contributed by atoms with Gasteiger partial charge in [0.15, 0.2) is 0 Å². The second kappa shape index (κ2) is 6.67. The average molecular weight is 273 g/mol. The van der Waals surface area contributed by atoms with E-state index in [1.54, 1.807) is 6.92 Å². The van der Waals surface area contributed by atoms with Gasteiger partial charge in [-0.05, 0) is 13.0 Å². The topological polar surface area (TPSA) is 82.5 Å². The zero-order valence-electron chi connectivity index (χ0n) is 10.6. The first-order valence-corrected chi connectivity index (χ1v) is 7.31. The summed E-state index contributed by atoms with van der Waals surface area (Å²) in [7, 11) is -3.56. The van der Waals surface area contributed by atoms with Gasteiger partial charge in [0.05, 0.1) is 11.5 Å². The standard InChI is InChI=1S/C11H19N3O3S/c1-3-12-11-9-10(5-6-13-11)18(16,17)14(4-2)7-8-15/h5-6,9,15H,3-4,7-8H2,1-2H3,(H,12,13). The van der Waals surface area contributed by atoms with E-state index in [-0.39, 0.29) is 18.0 Å². The lowest BCUT2D eigenvalue weighted by Gasteiger charge is -2.19. The first-order chi connectivity index (χ1) is 8.56. The van der Waals surface area contributed by atoms with Crippen molar-refractivity contribution in [2.24, 2.45) is 0 Å². The number of pyridine rings is 1. The lowest BCUT2D eigenvalue weighted by molar-refractivity contribution is 0.257. The van der Waals surface area contributed by atoms with Crippen molar-refractivity contribution in [3.63, 3.8) is 0 Å². The number of likely N-dealkylation sites (N-methyl/N-ethyl adjacent to an activating group) is 1. The fourth-order valence-corrected chi connectivity index (χ4v) is 3.01. The lowest BCUT2D eigenvalue weighted by Crippen LogP contribution is -2.33. The van der Waals surface area contributed by atoms with E-state index in [0.717, 1.165) is 0 Å². The van der Waals surface area contributed by atoms with Crippen molar-refractivity contribution in [1.29, 1.82) is 0 Å². The maximum absolute atomic E-state index is 12.3. The Balaban J connectivity index is 3.06. The maximum Gasteiger partial charge on any atom is 0.243 e. The van der Waals surface area contributed by atoms with Gasteiger partial charge in [-0.1, -0.05) is 6.92 Å². The van der Waals surface area contributed by atoms with Gasteiger partial charge in [0.2, 0.25) is 10.0 Å². The Morgan fingerprint density at radius 1 is 1.44 bits per heavy atom. The summed E-state index contributed by atoms with van der Waals surface area (Å²) >= 11 is 0. The number of hydrogen-bond donors (Lipinski definition) is 2. The molecule has 6 nitrogen and oxygen atoms in total. The Morgan fingerprint density at radius 2 is 2.17 bits per heavy atom. The number of rotatable bonds is 7. The molecule has 1 aromatic heterocycles. The van der Waals surface area contributed by atoms with Crippen molar-refractivity contribution in [3.8, 4) is 0 Å². The molecule has 1 heterocycles. The Kier molecular flexibility index (Phi) is 5.52. The van der Waals surface area contributed by atoms with Gasteiger partial charge in [-0.25, -0.2) is 13.4 Å². The Bertz CT molecular complexity index is 476. The van der Waals surface area contributed by atoms with Crippen molar-refractivity contribution >= 4 is 15.8 Å². The smallest absolute Gasteiger partial charge is 0.243 e. The zero-order chi connectivity index (χ0) is 13.6. The second-order valence-corrected chi connectivity index (χ2v) is 5.57. The van der Waals surface area contributed by atoms with Gasteiger partial charge >= 0.3 is 0 Å². The summed E-state index contributed by atoms with van der Waals surface area (Å²) in [4.78, 5) is 4.21. The van der Waals surface area contributed by atoms with Crippen LogP contribution in [0.25, 0.3) is 0 Å². The van der Waals surface area contributed by atoms with Gasteiger partial charge < -0.3 is 10.4 Å². The minimum Gasteiger partial charge on any atom is -0.395 e. The average Bonchev–Trinajstić information content (AvgIpc) is 2.36. The molecule has 7 heteroatoms. The molecule has 0 atom stereocenters. The molecule has 2 N–H and O–H groups in total. The molecule has 0 radical (unpaired) electrons. The van der Waals surface area contributed by atoms with Crippen molar-refractivity contribution in [1.82, 2.24) is 9.29 Å². The number of nitrogens with one attached hydrogen (secondary N) is 1. The highest BCUT2D eigenvalue weighted by Crippen LogP contribution is 2.17. The van der Waals surface area contributed by atoms with Crippen LogP contribution in [0.2, 0.25) is 0 Å². The van der Waals surface area contributed by atoms with Crippen LogP contribution < -0.4 is 5.32 Å². The zero-order valence-corrected chi connectivity index (χ0v) is 11.4. The summed E-state index contributed by atoms with van der Waals surface area (Å²) in [5.74, 6) is 0.527. The molecule has 0 aliphatic heterocycles. The number of aromatic nitrogens is 1. The number of sulfonamides is 1. The van der Waals surface area contributed by atoms with Gasteiger partial charge in [-0.3, -0.25) is 0 Å². The molecule has 0 fully saturated rings. The molecule has 18 heavy (non-hydrogen) atoms. The van der Waals surface area contributed by atoms with Crippen LogP contribution in [0.15, 0.2) is 23.2 Å². The monoisotopic (exact) mass is 273 g/mol. The van der Waals surface area contributed by atoms with E-state index < -0.39 is 10.0 Å². The fraction of sp³-hybridized carbons (Fsp3) is 0.545. The highest BCUT2D eigenvalue weighted by molar-refractivity contribution is 7.89. The first-order valence-electron chi connectivity index (χ1n) is 5.87. The van der Waals surface area contributed by atoms with Gasteiger partial charge in [-0.2, -0.15) is 4.31 Å². The van der Waals surface area contributed by atoms with Crippen molar-refractivity contribution < 1.29 is 13.5 Å². The fourth-order valence-electron chi connectivity index (χ4n) is 1.56. The van der Waals surface area contributed by atoms with Crippen LogP contribution in [-0.2, 0) is 10.0 Å². The third-order valence-corrected chi connectivity index (χ3v) is 4.40. The number of aliphatic hydroxyl groups is 1. The molecule has 0 unspecified atom stereocenters. The van der Waals surface area contributed by atoms with Gasteiger partial charge in [-0.15, -0.1) is 0 Å². The van der Waals surface area contributed by atoms with Crippen LogP contribution in [-0.4, -0.2) is 49.1 Å². The lowest BCUT2D eigenvalue weighted by atomic mass is 10.4.